The third-order valence-corrected chi connectivity index (χ3v) is 4.44. The Morgan fingerprint density at radius 3 is 2.59 bits per heavy atom. The molecule has 0 aromatic heterocycles. The molecule has 1 aliphatic heterocycles. The highest BCUT2D eigenvalue weighted by Crippen LogP contribution is 2.43. The molecular formula is C15H22N2. The average molecular weight is 230 g/mol. The molecule has 0 spiro atoms. The largest absolute Gasteiger partial charge is 0.321 e. The van der Waals surface area contributed by atoms with Gasteiger partial charge in [-0.05, 0) is 62.9 Å². The van der Waals surface area contributed by atoms with E-state index in [1.54, 1.807) is 0 Å². The van der Waals surface area contributed by atoms with Crippen LogP contribution in [0.5, 0.6) is 0 Å². The summed E-state index contributed by atoms with van der Waals surface area (Å²) in [6, 6.07) is 9.04. The fraction of sp³-hybridized carbons (Fsp3) is 0.600. The van der Waals surface area contributed by atoms with Crippen molar-refractivity contribution in [1.29, 1.82) is 0 Å². The maximum Gasteiger partial charge on any atom is 0.0411 e. The molecular weight excluding hydrogens is 208 g/mol. The van der Waals surface area contributed by atoms with E-state index in [2.05, 4.69) is 36.2 Å². The van der Waals surface area contributed by atoms with Crippen LogP contribution in [-0.4, -0.2) is 25.0 Å². The summed E-state index contributed by atoms with van der Waals surface area (Å²) in [6.45, 7) is 2.45. The summed E-state index contributed by atoms with van der Waals surface area (Å²) in [5.74, 6) is 0.744. The van der Waals surface area contributed by atoms with E-state index in [0.717, 1.165) is 18.8 Å². The van der Waals surface area contributed by atoms with E-state index in [0.29, 0.717) is 0 Å². The quantitative estimate of drug-likeness (QED) is 0.845. The minimum Gasteiger partial charge on any atom is -0.321 e. The molecule has 2 aliphatic rings. The smallest absolute Gasteiger partial charge is 0.0411 e. The van der Waals surface area contributed by atoms with E-state index >= 15 is 0 Å². The third-order valence-electron chi connectivity index (χ3n) is 4.44. The summed E-state index contributed by atoms with van der Waals surface area (Å²) in [4.78, 5) is 2.42. The van der Waals surface area contributed by atoms with E-state index in [1.165, 1.54) is 37.1 Å². The Morgan fingerprint density at radius 2 is 1.94 bits per heavy atom. The summed E-state index contributed by atoms with van der Waals surface area (Å²) in [5.41, 5.74) is 9.16. The Hall–Kier alpha value is -0.860. The van der Waals surface area contributed by atoms with Crippen molar-refractivity contribution in [1.82, 2.24) is 4.90 Å². The molecule has 1 saturated carbocycles. The molecule has 0 amide bonds. The predicted molar refractivity (Wildman–Crippen MR) is 71.0 cm³/mol. The van der Waals surface area contributed by atoms with E-state index in [-0.39, 0.29) is 5.54 Å². The van der Waals surface area contributed by atoms with Crippen molar-refractivity contribution < 1.29 is 0 Å². The zero-order valence-corrected chi connectivity index (χ0v) is 10.7. The van der Waals surface area contributed by atoms with Gasteiger partial charge in [0.2, 0.25) is 0 Å². The second-order valence-electron chi connectivity index (χ2n) is 5.86. The first-order valence-corrected chi connectivity index (χ1v) is 6.75. The summed E-state index contributed by atoms with van der Waals surface area (Å²) < 4.78 is 0. The van der Waals surface area contributed by atoms with Crippen molar-refractivity contribution >= 4 is 0 Å². The first kappa shape index (κ1) is 11.2. The SMILES string of the molecule is CN1CCC(c2cccc(C3(N)CC3)c2)CC1. The number of rotatable bonds is 2. The molecule has 0 atom stereocenters. The number of benzene rings is 1. The molecule has 0 bridgehead atoms. The summed E-state index contributed by atoms with van der Waals surface area (Å²) in [6.07, 6.45) is 4.89. The van der Waals surface area contributed by atoms with Gasteiger partial charge >= 0.3 is 0 Å². The molecule has 3 rings (SSSR count). The highest BCUT2D eigenvalue weighted by Gasteiger charge is 2.40. The molecule has 1 aromatic rings. The minimum absolute atomic E-state index is 0.0153. The van der Waals surface area contributed by atoms with Gasteiger partial charge in [-0.15, -0.1) is 0 Å². The van der Waals surface area contributed by atoms with Crippen LogP contribution in [0, 0.1) is 0 Å². The fourth-order valence-corrected chi connectivity index (χ4v) is 2.87. The molecule has 0 radical (unpaired) electrons. The van der Waals surface area contributed by atoms with Gasteiger partial charge in [0.05, 0.1) is 0 Å². The molecule has 2 fully saturated rings. The second kappa shape index (κ2) is 4.11. The lowest BCUT2D eigenvalue weighted by atomic mass is 9.88. The Bertz CT molecular complexity index is 401. The van der Waals surface area contributed by atoms with Crippen LogP contribution in [0.25, 0.3) is 0 Å². The van der Waals surface area contributed by atoms with Gasteiger partial charge in [0.15, 0.2) is 0 Å². The van der Waals surface area contributed by atoms with Gasteiger partial charge in [-0.2, -0.15) is 0 Å². The van der Waals surface area contributed by atoms with Crippen LogP contribution < -0.4 is 5.73 Å². The first-order chi connectivity index (χ1) is 8.17. The van der Waals surface area contributed by atoms with Crippen LogP contribution in [0.15, 0.2) is 24.3 Å². The highest BCUT2D eigenvalue weighted by molar-refractivity contribution is 5.34. The molecule has 1 aliphatic carbocycles. The monoisotopic (exact) mass is 230 g/mol. The number of nitrogens with zero attached hydrogens (tertiary/aromatic N) is 1. The van der Waals surface area contributed by atoms with E-state index in [9.17, 15) is 0 Å². The van der Waals surface area contributed by atoms with E-state index in [1.807, 2.05) is 0 Å². The van der Waals surface area contributed by atoms with Gasteiger partial charge in [0.25, 0.3) is 0 Å². The Labute approximate surface area is 104 Å². The van der Waals surface area contributed by atoms with Gasteiger partial charge < -0.3 is 10.6 Å². The van der Waals surface area contributed by atoms with Crippen LogP contribution in [0.3, 0.4) is 0 Å². The molecule has 1 heterocycles. The van der Waals surface area contributed by atoms with E-state index < -0.39 is 0 Å². The van der Waals surface area contributed by atoms with E-state index in [4.69, 9.17) is 5.73 Å². The standard InChI is InChI=1S/C15H22N2/c1-17-9-5-12(6-10-17)13-3-2-4-14(11-13)15(16)7-8-15/h2-4,11-12H,5-10,16H2,1H3. The molecule has 2 N–H and O–H groups in total. The molecule has 1 aromatic carbocycles. The fourth-order valence-electron chi connectivity index (χ4n) is 2.87. The van der Waals surface area contributed by atoms with Gasteiger partial charge in [0, 0.05) is 5.54 Å². The van der Waals surface area contributed by atoms with Gasteiger partial charge in [-0.3, -0.25) is 0 Å². The molecule has 2 heteroatoms. The van der Waals surface area contributed by atoms with Crippen LogP contribution in [0.1, 0.15) is 42.7 Å². The molecule has 92 valence electrons. The third kappa shape index (κ3) is 2.24. The van der Waals surface area contributed by atoms with Crippen LogP contribution in [-0.2, 0) is 5.54 Å². The van der Waals surface area contributed by atoms with Crippen LogP contribution in [0.4, 0.5) is 0 Å². The topological polar surface area (TPSA) is 29.3 Å². The first-order valence-electron chi connectivity index (χ1n) is 6.75. The van der Waals surface area contributed by atoms with Gasteiger partial charge in [0.1, 0.15) is 0 Å². The lowest BCUT2D eigenvalue weighted by molar-refractivity contribution is 0.255. The zero-order valence-electron chi connectivity index (χ0n) is 10.7. The minimum atomic E-state index is 0.0153. The predicted octanol–water partition coefficient (Wildman–Crippen LogP) is 2.44. The number of piperidine rings is 1. The van der Waals surface area contributed by atoms with Gasteiger partial charge in [-0.1, -0.05) is 24.3 Å². The van der Waals surface area contributed by atoms with Crippen LogP contribution >= 0.6 is 0 Å². The Morgan fingerprint density at radius 1 is 1.24 bits per heavy atom. The molecule has 17 heavy (non-hydrogen) atoms. The number of hydrogen-bond acceptors (Lipinski definition) is 2. The van der Waals surface area contributed by atoms with Crippen molar-refractivity contribution in [3.63, 3.8) is 0 Å². The normalized spacial score (nSPS) is 24.8. The summed E-state index contributed by atoms with van der Waals surface area (Å²) in [5, 5.41) is 0. The maximum absolute atomic E-state index is 6.28. The van der Waals surface area contributed by atoms with Crippen molar-refractivity contribution in [3.8, 4) is 0 Å². The summed E-state index contributed by atoms with van der Waals surface area (Å²) >= 11 is 0. The number of likely N-dealkylation sites (tertiary alicyclic amines) is 1. The van der Waals surface area contributed by atoms with Crippen molar-refractivity contribution in [2.75, 3.05) is 20.1 Å². The van der Waals surface area contributed by atoms with Crippen LogP contribution in [0.2, 0.25) is 0 Å². The lowest BCUT2D eigenvalue weighted by Gasteiger charge is -2.29. The molecule has 2 nitrogen and oxygen atoms in total. The number of nitrogens with two attached hydrogens (primary N) is 1. The molecule has 0 unspecified atom stereocenters. The average Bonchev–Trinajstić information content (AvgIpc) is 3.10. The maximum atomic E-state index is 6.28. The molecule has 1 saturated heterocycles. The van der Waals surface area contributed by atoms with Gasteiger partial charge in [-0.25, -0.2) is 0 Å². The second-order valence-corrected chi connectivity index (χ2v) is 5.86. The Balaban J connectivity index is 1.79. The lowest BCUT2D eigenvalue weighted by Crippen LogP contribution is -2.29. The Kier molecular flexibility index (Phi) is 2.72. The highest BCUT2D eigenvalue weighted by atomic mass is 15.1. The van der Waals surface area contributed by atoms with Crippen molar-refractivity contribution in [3.05, 3.63) is 35.4 Å². The zero-order chi connectivity index (χ0) is 11.9. The van der Waals surface area contributed by atoms with Crippen molar-refractivity contribution in [2.45, 2.75) is 37.1 Å². The van der Waals surface area contributed by atoms with Crippen molar-refractivity contribution in [2.24, 2.45) is 5.73 Å². The number of hydrogen-bond donors (Lipinski definition) is 1. The summed E-state index contributed by atoms with van der Waals surface area (Å²) in [7, 11) is 2.21.